The Bertz CT molecular complexity index is 1040. The van der Waals surface area contributed by atoms with E-state index in [9.17, 15) is 4.79 Å². The van der Waals surface area contributed by atoms with E-state index >= 15 is 0 Å². The van der Waals surface area contributed by atoms with Crippen molar-refractivity contribution in [2.75, 3.05) is 0 Å². The Morgan fingerprint density at radius 1 is 0.931 bits per heavy atom. The van der Waals surface area contributed by atoms with Crippen LogP contribution in [0.2, 0.25) is 0 Å². The first-order valence-corrected chi connectivity index (χ1v) is 10.0. The average molecular weight is 383 g/mol. The number of aromatic amines is 1. The highest BCUT2D eigenvalue weighted by Gasteiger charge is 2.20. The Hall–Kier alpha value is -3.40. The number of benzene rings is 3. The Morgan fingerprint density at radius 2 is 1.59 bits per heavy atom. The fourth-order valence-electron chi connectivity index (χ4n) is 3.63. The minimum absolute atomic E-state index is 0.0303. The normalized spacial score (nSPS) is 13.1. The molecule has 4 rings (SSSR count). The molecule has 4 nitrogen and oxygen atoms in total. The molecule has 0 radical (unpaired) electrons. The number of aromatic nitrogens is 2. The highest BCUT2D eigenvalue weighted by Crippen LogP contribution is 2.22. The molecule has 0 aliphatic rings. The third-order valence-corrected chi connectivity index (χ3v) is 5.22. The maximum atomic E-state index is 12.9. The summed E-state index contributed by atoms with van der Waals surface area (Å²) >= 11 is 0. The van der Waals surface area contributed by atoms with Crippen molar-refractivity contribution in [3.8, 4) is 0 Å². The smallest absolute Gasteiger partial charge is 0.221 e. The zero-order valence-electron chi connectivity index (χ0n) is 16.5. The average Bonchev–Trinajstić information content (AvgIpc) is 3.19. The van der Waals surface area contributed by atoms with Gasteiger partial charge in [-0.15, -0.1) is 0 Å². The van der Waals surface area contributed by atoms with Gasteiger partial charge in [-0.25, -0.2) is 4.98 Å². The minimum Gasteiger partial charge on any atom is -0.346 e. The largest absolute Gasteiger partial charge is 0.346 e. The first kappa shape index (κ1) is 18.9. The number of para-hydroxylation sites is 2. The summed E-state index contributed by atoms with van der Waals surface area (Å²) in [4.78, 5) is 21.0. The van der Waals surface area contributed by atoms with Crippen molar-refractivity contribution in [3.63, 3.8) is 0 Å². The summed E-state index contributed by atoms with van der Waals surface area (Å²) in [5.41, 5.74) is 4.22. The van der Waals surface area contributed by atoms with Gasteiger partial charge in [0.05, 0.1) is 17.1 Å². The molecule has 1 aromatic heterocycles. The third kappa shape index (κ3) is 4.72. The predicted molar refractivity (Wildman–Crippen MR) is 117 cm³/mol. The lowest BCUT2D eigenvalue weighted by Gasteiger charge is -2.19. The van der Waals surface area contributed by atoms with Crippen molar-refractivity contribution >= 4 is 16.9 Å². The fraction of sp³-hybridized carbons (Fsp3) is 0.200. The monoisotopic (exact) mass is 383 g/mol. The molecule has 0 spiro atoms. The van der Waals surface area contributed by atoms with Gasteiger partial charge >= 0.3 is 0 Å². The van der Waals surface area contributed by atoms with Gasteiger partial charge in [0.25, 0.3) is 0 Å². The molecular formula is C25H25N3O. The number of nitrogens with zero attached hydrogens (tertiary/aromatic N) is 1. The second kappa shape index (κ2) is 8.74. The fourth-order valence-corrected chi connectivity index (χ4v) is 3.63. The number of amides is 1. The second-order valence-electron chi connectivity index (χ2n) is 7.46. The van der Waals surface area contributed by atoms with Crippen LogP contribution in [-0.4, -0.2) is 15.9 Å². The van der Waals surface area contributed by atoms with E-state index in [0.29, 0.717) is 12.8 Å². The van der Waals surface area contributed by atoms with E-state index in [1.54, 1.807) is 0 Å². The number of carbonyl (C=O) groups is 1. The van der Waals surface area contributed by atoms with Gasteiger partial charge in [-0.2, -0.15) is 0 Å². The lowest BCUT2D eigenvalue weighted by atomic mass is 9.97. The lowest BCUT2D eigenvalue weighted by Crippen LogP contribution is -2.31. The number of carbonyl (C=O) groups excluding carboxylic acids is 1. The molecule has 0 bridgehead atoms. The standard InChI is InChI=1S/C25H25N3O/c1-18(20-12-6-3-7-13-20)16-24(29)26-23(17-19-10-4-2-5-11-19)25-27-21-14-8-9-15-22(21)28-25/h2-15,18,23H,16-17H2,1H3,(H,26,29)(H,27,28)/t18-,23+/m1/s1. The number of hydrogen-bond acceptors (Lipinski definition) is 2. The van der Waals surface area contributed by atoms with Gasteiger partial charge in [-0.1, -0.05) is 79.7 Å². The third-order valence-electron chi connectivity index (χ3n) is 5.22. The molecule has 2 atom stereocenters. The molecule has 4 heteroatoms. The first-order valence-electron chi connectivity index (χ1n) is 10.0. The van der Waals surface area contributed by atoms with Crippen LogP contribution in [0, 0.1) is 0 Å². The highest BCUT2D eigenvalue weighted by molar-refractivity contribution is 5.78. The molecule has 0 aliphatic heterocycles. The Balaban J connectivity index is 1.54. The van der Waals surface area contributed by atoms with E-state index in [0.717, 1.165) is 22.4 Å². The van der Waals surface area contributed by atoms with E-state index in [4.69, 9.17) is 4.98 Å². The molecule has 0 unspecified atom stereocenters. The summed E-state index contributed by atoms with van der Waals surface area (Å²) < 4.78 is 0. The van der Waals surface area contributed by atoms with Gasteiger partial charge in [0, 0.05) is 6.42 Å². The summed E-state index contributed by atoms with van der Waals surface area (Å²) in [6, 6.07) is 28.1. The van der Waals surface area contributed by atoms with Gasteiger partial charge in [0.1, 0.15) is 5.82 Å². The van der Waals surface area contributed by atoms with Crippen molar-refractivity contribution in [1.29, 1.82) is 0 Å². The molecule has 0 saturated heterocycles. The van der Waals surface area contributed by atoms with Crippen LogP contribution in [0.3, 0.4) is 0 Å². The number of rotatable bonds is 7. The number of hydrogen-bond donors (Lipinski definition) is 2. The molecule has 4 aromatic rings. The van der Waals surface area contributed by atoms with Crippen LogP contribution in [0.5, 0.6) is 0 Å². The maximum Gasteiger partial charge on any atom is 0.221 e. The van der Waals surface area contributed by atoms with Crippen molar-refractivity contribution in [2.24, 2.45) is 0 Å². The van der Waals surface area contributed by atoms with Gasteiger partial charge in [0.2, 0.25) is 5.91 Å². The molecule has 0 fully saturated rings. The first-order chi connectivity index (χ1) is 14.2. The maximum absolute atomic E-state index is 12.9. The number of H-pyrrole nitrogens is 1. The summed E-state index contributed by atoms with van der Waals surface area (Å²) in [6.07, 6.45) is 1.13. The molecule has 29 heavy (non-hydrogen) atoms. The molecule has 146 valence electrons. The number of imidazole rings is 1. The second-order valence-corrected chi connectivity index (χ2v) is 7.46. The Morgan fingerprint density at radius 3 is 2.31 bits per heavy atom. The molecule has 0 aliphatic carbocycles. The van der Waals surface area contributed by atoms with Crippen LogP contribution in [0.25, 0.3) is 11.0 Å². The quantitative estimate of drug-likeness (QED) is 0.463. The van der Waals surface area contributed by atoms with Crippen LogP contribution in [0.15, 0.2) is 84.9 Å². The van der Waals surface area contributed by atoms with Gasteiger partial charge in [-0.05, 0) is 35.6 Å². The molecule has 2 N–H and O–H groups in total. The van der Waals surface area contributed by atoms with Gasteiger partial charge in [0.15, 0.2) is 0 Å². The SMILES string of the molecule is C[C@H](CC(=O)N[C@@H](Cc1ccccc1)c1nc2ccccc2[nH]1)c1ccccc1. The zero-order valence-corrected chi connectivity index (χ0v) is 16.5. The van der Waals surface area contributed by atoms with Crippen LogP contribution in [-0.2, 0) is 11.2 Å². The van der Waals surface area contributed by atoms with Crippen molar-refractivity contribution < 1.29 is 4.79 Å². The Labute approximate surface area is 171 Å². The van der Waals surface area contributed by atoms with Crippen LogP contribution in [0.4, 0.5) is 0 Å². The summed E-state index contributed by atoms with van der Waals surface area (Å²) in [7, 11) is 0. The van der Waals surface area contributed by atoms with Crippen molar-refractivity contribution in [3.05, 3.63) is 102 Å². The zero-order chi connectivity index (χ0) is 20.1. The van der Waals surface area contributed by atoms with E-state index < -0.39 is 0 Å². The lowest BCUT2D eigenvalue weighted by molar-refractivity contribution is -0.122. The van der Waals surface area contributed by atoms with Crippen molar-refractivity contribution in [2.45, 2.75) is 31.7 Å². The number of fused-ring (bicyclic) bond motifs is 1. The molecule has 3 aromatic carbocycles. The minimum atomic E-state index is -0.208. The summed E-state index contributed by atoms with van der Waals surface area (Å²) in [5.74, 6) is 0.975. The molecular weight excluding hydrogens is 358 g/mol. The highest BCUT2D eigenvalue weighted by atomic mass is 16.1. The van der Waals surface area contributed by atoms with E-state index in [1.807, 2.05) is 60.7 Å². The van der Waals surface area contributed by atoms with E-state index in [1.165, 1.54) is 5.56 Å². The van der Waals surface area contributed by atoms with Crippen LogP contribution >= 0.6 is 0 Å². The van der Waals surface area contributed by atoms with Gasteiger partial charge < -0.3 is 10.3 Å². The van der Waals surface area contributed by atoms with Crippen LogP contribution in [0.1, 0.15) is 42.3 Å². The van der Waals surface area contributed by atoms with Crippen molar-refractivity contribution in [1.82, 2.24) is 15.3 Å². The topological polar surface area (TPSA) is 57.8 Å². The molecule has 1 heterocycles. The Kier molecular flexibility index (Phi) is 5.71. The molecule has 0 saturated carbocycles. The number of nitrogens with one attached hydrogen (secondary N) is 2. The van der Waals surface area contributed by atoms with Crippen LogP contribution < -0.4 is 5.32 Å². The van der Waals surface area contributed by atoms with Gasteiger partial charge in [-0.3, -0.25) is 4.79 Å². The summed E-state index contributed by atoms with van der Waals surface area (Å²) in [6.45, 7) is 2.09. The van der Waals surface area contributed by atoms with E-state index in [2.05, 4.69) is 41.5 Å². The predicted octanol–water partition coefficient (Wildman–Crippen LogP) is 5.16. The van der Waals surface area contributed by atoms with E-state index in [-0.39, 0.29) is 17.9 Å². The summed E-state index contributed by atoms with van der Waals surface area (Å²) in [5, 5.41) is 3.21. The molecule has 1 amide bonds.